The van der Waals surface area contributed by atoms with E-state index in [-0.39, 0.29) is 0 Å². The van der Waals surface area contributed by atoms with Crippen molar-refractivity contribution >= 4 is 76.6 Å². The van der Waals surface area contributed by atoms with E-state index in [1.807, 2.05) is 0 Å². The minimum Gasteiger partial charge on any atom is -0.341 e. The summed E-state index contributed by atoms with van der Waals surface area (Å²) in [4.78, 5) is 5.10. The van der Waals surface area contributed by atoms with E-state index in [1.54, 1.807) is 0 Å². The standard InChI is InChI=1S/C56H42N2/c1-2-16-40-33-42(26-25-37(40)13-1)55-48-29-27-44(58-32-12-19-39-15-5-10-24-54(39)58)36-52(48)56(50-34-41-17-3-6-20-45(41)46-21-7-8-22-47(46)50)49-30-28-43(35-51(49)55)57-31-11-18-38-14-4-9-23-53(38)57/h1-10,13-17,20-30,33-36H,11-12,18-19,31-32H2. The summed E-state index contributed by atoms with van der Waals surface area (Å²) in [7, 11) is 0. The van der Waals surface area contributed by atoms with Crippen LogP contribution in [-0.2, 0) is 12.8 Å². The Morgan fingerprint density at radius 2 is 0.862 bits per heavy atom. The second-order valence-corrected chi connectivity index (χ2v) is 16.2. The summed E-state index contributed by atoms with van der Waals surface area (Å²) in [6, 6.07) is 68.8. The lowest BCUT2D eigenvalue weighted by Crippen LogP contribution is -2.24. The van der Waals surface area contributed by atoms with Crippen molar-refractivity contribution in [2.24, 2.45) is 0 Å². The summed E-state index contributed by atoms with van der Waals surface area (Å²) in [6.07, 6.45) is 4.52. The number of anilines is 4. The van der Waals surface area contributed by atoms with Gasteiger partial charge in [-0.2, -0.15) is 0 Å². The molecule has 2 heteroatoms. The molecule has 0 radical (unpaired) electrons. The Balaban J connectivity index is 1.22. The van der Waals surface area contributed by atoms with Crippen LogP contribution in [0.2, 0.25) is 0 Å². The zero-order chi connectivity index (χ0) is 38.2. The highest BCUT2D eigenvalue weighted by Gasteiger charge is 2.25. The number of rotatable bonds is 4. The van der Waals surface area contributed by atoms with Gasteiger partial charge in [-0.1, -0.05) is 133 Å². The van der Waals surface area contributed by atoms with E-state index < -0.39 is 0 Å². The first-order valence-electron chi connectivity index (χ1n) is 20.9. The summed E-state index contributed by atoms with van der Waals surface area (Å²) in [5.41, 5.74) is 13.1. The number of para-hydroxylation sites is 2. The van der Waals surface area contributed by atoms with Gasteiger partial charge in [-0.3, -0.25) is 0 Å². The molecule has 2 aliphatic rings. The van der Waals surface area contributed by atoms with Crippen molar-refractivity contribution in [1.29, 1.82) is 0 Å². The minimum absolute atomic E-state index is 1.00. The van der Waals surface area contributed by atoms with Crippen molar-refractivity contribution in [2.45, 2.75) is 25.7 Å². The Hall–Kier alpha value is -6.90. The third kappa shape index (κ3) is 5.25. The van der Waals surface area contributed by atoms with E-state index in [0.29, 0.717) is 0 Å². The van der Waals surface area contributed by atoms with Gasteiger partial charge < -0.3 is 9.80 Å². The molecule has 0 saturated carbocycles. The molecule has 0 atom stereocenters. The van der Waals surface area contributed by atoms with Crippen LogP contribution in [0.3, 0.4) is 0 Å². The number of benzene rings is 10. The van der Waals surface area contributed by atoms with Gasteiger partial charge in [-0.15, -0.1) is 0 Å². The van der Waals surface area contributed by atoms with Crippen LogP contribution in [0, 0.1) is 0 Å². The molecular weight excluding hydrogens is 701 g/mol. The van der Waals surface area contributed by atoms with Gasteiger partial charge in [0.05, 0.1) is 0 Å². The quantitative estimate of drug-likeness (QED) is 0.131. The zero-order valence-corrected chi connectivity index (χ0v) is 32.5. The van der Waals surface area contributed by atoms with Gasteiger partial charge in [0.25, 0.3) is 0 Å². The van der Waals surface area contributed by atoms with Crippen molar-refractivity contribution < 1.29 is 0 Å². The third-order valence-electron chi connectivity index (χ3n) is 13.0. The largest absolute Gasteiger partial charge is 0.341 e. The summed E-state index contributed by atoms with van der Waals surface area (Å²) < 4.78 is 0. The van der Waals surface area contributed by atoms with Crippen LogP contribution < -0.4 is 9.80 Å². The second-order valence-electron chi connectivity index (χ2n) is 16.2. The summed E-state index contributed by atoms with van der Waals surface area (Å²) in [5.74, 6) is 0. The molecule has 0 spiro atoms. The smallest absolute Gasteiger partial charge is 0.0443 e. The fourth-order valence-corrected chi connectivity index (χ4v) is 10.4. The maximum atomic E-state index is 2.55. The predicted molar refractivity (Wildman–Crippen MR) is 248 cm³/mol. The van der Waals surface area contributed by atoms with Crippen LogP contribution >= 0.6 is 0 Å². The van der Waals surface area contributed by atoms with E-state index in [2.05, 4.69) is 192 Å². The first kappa shape index (κ1) is 33.3. The second kappa shape index (κ2) is 13.4. The fraction of sp³-hybridized carbons (Fsp3) is 0.107. The van der Waals surface area contributed by atoms with Crippen LogP contribution in [0.15, 0.2) is 182 Å². The average molecular weight is 743 g/mol. The number of hydrogen-bond acceptors (Lipinski definition) is 2. The molecule has 12 rings (SSSR count). The molecule has 0 aliphatic carbocycles. The normalized spacial score (nSPS) is 14.1. The molecule has 10 aromatic carbocycles. The molecule has 276 valence electrons. The molecule has 0 saturated heterocycles. The van der Waals surface area contributed by atoms with Crippen molar-refractivity contribution in [1.82, 2.24) is 0 Å². The number of fused-ring (bicyclic) bond motifs is 8. The lowest BCUT2D eigenvalue weighted by Gasteiger charge is -2.32. The molecule has 10 aromatic rings. The SMILES string of the molecule is c1ccc2c(c1)CCCN2c1ccc2c(-c3cc4ccccc4c4ccccc34)c3cc(N4CCCc5ccccc54)ccc3c(-c3ccc4ccccc4c3)c2c1. The fourth-order valence-electron chi connectivity index (χ4n) is 10.4. The van der Waals surface area contributed by atoms with Crippen molar-refractivity contribution in [3.05, 3.63) is 193 Å². The number of nitrogens with zero attached hydrogens (tertiary/aromatic N) is 2. The monoisotopic (exact) mass is 742 g/mol. The molecule has 2 aliphatic heterocycles. The lowest BCUT2D eigenvalue weighted by atomic mass is 9.83. The van der Waals surface area contributed by atoms with Gasteiger partial charge in [-0.05, 0) is 161 Å². The van der Waals surface area contributed by atoms with Crippen molar-refractivity contribution in [3.63, 3.8) is 0 Å². The van der Waals surface area contributed by atoms with Crippen LogP contribution in [0.25, 0.3) is 76.1 Å². The van der Waals surface area contributed by atoms with Crippen LogP contribution in [0.4, 0.5) is 22.7 Å². The maximum Gasteiger partial charge on any atom is 0.0443 e. The molecule has 0 unspecified atom stereocenters. The Morgan fingerprint density at radius 1 is 0.328 bits per heavy atom. The average Bonchev–Trinajstić information content (AvgIpc) is 3.29. The van der Waals surface area contributed by atoms with E-state index in [0.717, 1.165) is 38.8 Å². The molecule has 0 N–H and O–H groups in total. The highest BCUT2D eigenvalue weighted by Crippen LogP contribution is 2.50. The summed E-state index contributed by atoms with van der Waals surface area (Å²) in [5, 5.41) is 12.8. The Morgan fingerprint density at radius 3 is 1.55 bits per heavy atom. The Labute approximate surface area is 339 Å². The molecule has 58 heavy (non-hydrogen) atoms. The van der Waals surface area contributed by atoms with Gasteiger partial charge in [0.2, 0.25) is 0 Å². The topological polar surface area (TPSA) is 6.48 Å². The van der Waals surface area contributed by atoms with Crippen molar-refractivity contribution in [3.8, 4) is 22.3 Å². The Kier molecular flexibility index (Phi) is 7.66. The molecule has 0 aromatic heterocycles. The van der Waals surface area contributed by atoms with Gasteiger partial charge >= 0.3 is 0 Å². The van der Waals surface area contributed by atoms with Gasteiger partial charge in [-0.25, -0.2) is 0 Å². The van der Waals surface area contributed by atoms with Crippen molar-refractivity contribution in [2.75, 3.05) is 22.9 Å². The summed E-state index contributed by atoms with van der Waals surface area (Å²) in [6.45, 7) is 2.01. The third-order valence-corrected chi connectivity index (χ3v) is 13.0. The molecule has 2 nitrogen and oxygen atoms in total. The zero-order valence-electron chi connectivity index (χ0n) is 32.5. The van der Waals surface area contributed by atoms with Gasteiger partial charge in [0.1, 0.15) is 0 Å². The van der Waals surface area contributed by atoms with E-state index in [9.17, 15) is 0 Å². The van der Waals surface area contributed by atoms with Gasteiger partial charge in [0, 0.05) is 35.8 Å². The van der Waals surface area contributed by atoms with Crippen LogP contribution in [0.5, 0.6) is 0 Å². The van der Waals surface area contributed by atoms with E-state index in [4.69, 9.17) is 0 Å². The molecular formula is C56H42N2. The van der Waals surface area contributed by atoms with E-state index in [1.165, 1.54) is 110 Å². The highest BCUT2D eigenvalue weighted by atomic mass is 15.1. The van der Waals surface area contributed by atoms with Gasteiger partial charge in [0.15, 0.2) is 0 Å². The first-order chi connectivity index (χ1) is 28.8. The first-order valence-corrected chi connectivity index (χ1v) is 20.9. The maximum absolute atomic E-state index is 2.55. The predicted octanol–water partition coefficient (Wildman–Crippen LogP) is 15.0. The minimum atomic E-state index is 1.00. The molecule has 0 amide bonds. The molecule has 2 heterocycles. The highest BCUT2D eigenvalue weighted by molar-refractivity contribution is 6.26. The number of hydrogen-bond donors (Lipinski definition) is 0. The van der Waals surface area contributed by atoms with E-state index >= 15 is 0 Å². The lowest BCUT2D eigenvalue weighted by molar-refractivity contribution is 0.767. The van der Waals surface area contributed by atoms with Crippen LogP contribution in [-0.4, -0.2) is 13.1 Å². The Bertz CT molecular complexity index is 3270. The molecule has 0 fully saturated rings. The van der Waals surface area contributed by atoms with Crippen LogP contribution in [0.1, 0.15) is 24.0 Å². The summed E-state index contributed by atoms with van der Waals surface area (Å²) >= 11 is 0. The molecule has 0 bridgehead atoms. The number of aryl methyl sites for hydroxylation is 2.